The number of amides is 1. The van der Waals surface area contributed by atoms with Gasteiger partial charge in [-0.05, 0) is 56.3 Å². The standard InChI is InChI=1S/C21H16F3N3O/c1-13-11-17(20(28)26-16-9-7-15(12-25)8-10-16)14(2)27(13)19-6-4-3-5-18(19)21(22,23)24/h3-11H,1-2H3,(H,26,28). The number of nitrogens with one attached hydrogen (secondary N) is 1. The van der Waals surface area contributed by atoms with Crippen LogP contribution in [0.15, 0.2) is 54.6 Å². The number of aryl methyl sites for hydroxylation is 1. The molecule has 2 aromatic carbocycles. The number of nitrogens with zero attached hydrogens (tertiary/aromatic N) is 2. The highest BCUT2D eigenvalue weighted by Crippen LogP contribution is 2.35. The second-order valence-corrected chi connectivity index (χ2v) is 6.28. The number of carbonyl (C=O) groups is 1. The van der Waals surface area contributed by atoms with Crippen molar-refractivity contribution in [2.75, 3.05) is 5.32 Å². The summed E-state index contributed by atoms with van der Waals surface area (Å²) in [4.78, 5) is 12.7. The van der Waals surface area contributed by atoms with E-state index >= 15 is 0 Å². The maximum Gasteiger partial charge on any atom is 0.418 e. The molecule has 142 valence electrons. The second kappa shape index (κ2) is 7.24. The number of alkyl halides is 3. The summed E-state index contributed by atoms with van der Waals surface area (Å²) < 4.78 is 41.6. The van der Waals surface area contributed by atoms with Crippen LogP contribution in [0.3, 0.4) is 0 Å². The van der Waals surface area contributed by atoms with E-state index in [9.17, 15) is 18.0 Å². The molecule has 0 unspecified atom stereocenters. The molecule has 0 atom stereocenters. The molecule has 0 aliphatic rings. The van der Waals surface area contributed by atoms with Gasteiger partial charge in [0.25, 0.3) is 5.91 Å². The van der Waals surface area contributed by atoms with Crippen LogP contribution >= 0.6 is 0 Å². The van der Waals surface area contributed by atoms with E-state index in [0.29, 0.717) is 22.6 Å². The number of anilines is 1. The van der Waals surface area contributed by atoms with Crippen LogP contribution in [0, 0.1) is 25.2 Å². The molecule has 0 spiro atoms. The highest BCUT2D eigenvalue weighted by molar-refractivity contribution is 6.05. The average Bonchev–Trinajstić information content (AvgIpc) is 2.96. The van der Waals surface area contributed by atoms with E-state index in [2.05, 4.69) is 5.32 Å². The molecule has 7 heteroatoms. The number of benzene rings is 2. The SMILES string of the molecule is Cc1cc(C(=O)Nc2ccc(C#N)cc2)c(C)n1-c1ccccc1C(F)(F)F. The molecule has 1 amide bonds. The first-order valence-corrected chi connectivity index (χ1v) is 8.39. The van der Waals surface area contributed by atoms with E-state index in [-0.39, 0.29) is 11.3 Å². The van der Waals surface area contributed by atoms with Gasteiger partial charge in [-0.3, -0.25) is 4.79 Å². The van der Waals surface area contributed by atoms with Crippen molar-refractivity contribution in [1.82, 2.24) is 4.57 Å². The van der Waals surface area contributed by atoms with Gasteiger partial charge in [-0.15, -0.1) is 0 Å². The Bertz CT molecular complexity index is 1070. The lowest BCUT2D eigenvalue weighted by Gasteiger charge is -2.16. The molecule has 3 rings (SSSR count). The summed E-state index contributed by atoms with van der Waals surface area (Å²) in [6, 6.07) is 15.1. The minimum absolute atomic E-state index is 0.0255. The smallest absolute Gasteiger partial charge is 0.322 e. The van der Waals surface area contributed by atoms with Crippen molar-refractivity contribution in [3.05, 3.63) is 82.7 Å². The normalized spacial score (nSPS) is 11.1. The highest BCUT2D eigenvalue weighted by atomic mass is 19.4. The molecule has 0 fully saturated rings. The van der Waals surface area contributed by atoms with Crippen molar-refractivity contribution in [2.24, 2.45) is 0 Å². The first kappa shape index (κ1) is 19.2. The first-order chi connectivity index (χ1) is 13.2. The Morgan fingerprint density at radius 3 is 2.32 bits per heavy atom. The predicted molar refractivity (Wildman–Crippen MR) is 99.4 cm³/mol. The minimum atomic E-state index is -4.51. The molecule has 0 saturated carbocycles. The van der Waals surface area contributed by atoms with Gasteiger partial charge >= 0.3 is 6.18 Å². The van der Waals surface area contributed by atoms with Gasteiger partial charge in [0.1, 0.15) is 0 Å². The maximum atomic E-state index is 13.4. The molecule has 0 radical (unpaired) electrons. The Balaban J connectivity index is 1.99. The van der Waals surface area contributed by atoms with Crippen molar-refractivity contribution >= 4 is 11.6 Å². The lowest BCUT2D eigenvalue weighted by atomic mass is 10.1. The molecule has 28 heavy (non-hydrogen) atoms. The van der Waals surface area contributed by atoms with Crippen molar-refractivity contribution in [1.29, 1.82) is 5.26 Å². The van der Waals surface area contributed by atoms with Gasteiger partial charge in [0.2, 0.25) is 0 Å². The number of nitriles is 1. The summed E-state index contributed by atoms with van der Waals surface area (Å²) in [6.45, 7) is 3.26. The Hall–Kier alpha value is -3.53. The maximum absolute atomic E-state index is 13.4. The number of hydrogen-bond acceptors (Lipinski definition) is 2. The fraction of sp³-hybridized carbons (Fsp3) is 0.143. The van der Waals surface area contributed by atoms with E-state index in [1.807, 2.05) is 6.07 Å². The molecule has 1 N–H and O–H groups in total. The largest absolute Gasteiger partial charge is 0.418 e. The molecule has 0 saturated heterocycles. The summed E-state index contributed by atoms with van der Waals surface area (Å²) in [5.41, 5.74) is 1.35. The Labute approximate surface area is 159 Å². The number of carbonyl (C=O) groups excluding carboxylic acids is 1. The fourth-order valence-electron chi connectivity index (χ4n) is 3.10. The number of hydrogen-bond donors (Lipinski definition) is 1. The minimum Gasteiger partial charge on any atom is -0.322 e. The topological polar surface area (TPSA) is 57.8 Å². The molecular weight excluding hydrogens is 367 g/mol. The van der Waals surface area contributed by atoms with E-state index in [1.165, 1.54) is 22.8 Å². The third-order valence-corrected chi connectivity index (χ3v) is 4.40. The Morgan fingerprint density at radius 1 is 1.07 bits per heavy atom. The van der Waals surface area contributed by atoms with E-state index in [0.717, 1.165) is 6.07 Å². The van der Waals surface area contributed by atoms with Crippen molar-refractivity contribution in [2.45, 2.75) is 20.0 Å². The number of para-hydroxylation sites is 1. The predicted octanol–water partition coefficient (Wildman–Crippen LogP) is 5.24. The third-order valence-electron chi connectivity index (χ3n) is 4.40. The average molecular weight is 383 g/mol. The van der Waals surface area contributed by atoms with Crippen molar-refractivity contribution in [3.8, 4) is 11.8 Å². The van der Waals surface area contributed by atoms with Crippen LogP contribution in [0.1, 0.15) is 32.9 Å². The summed E-state index contributed by atoms with van der Waals surface area (Å²) in [5.74, 6) is -0.437. The van der Waals surface area contributed by atoms with Gasteiger partial charge in [0.05, 0.1) is 28.4 Å². The molecule has 3 aromatic rings. The van der Waals surface area contributed by atoms with Crippen LogP contribution in [-0.2, 0) is 6.18 Å². The number of halogens is 3. The van der Waals surface area contributed by atoms with Crippen LogP contribution in [-0.4, -0.2) is 10.5 Å². The molecule has 1 aromatic heterocycles. The van der Waals surface area contributed by atoms with Gasteiger partial charge in [0, 0.05) is 17.1 Å². The van der Waals surface area contributed by atoms with Crippen LogP contribution in [0.25, 0.3) is 5.69 Å². The molecule has 0 aliphatic carbocycles. The highest BCUT2D eigenvalue weighted by Gasteiger charge is 2.34. The molecule has 0 aliphatic heterocycles. The molecule has 0 bridgehead atoms. The molecule has 1 heterocycles. The Kier molecular flexibility index (Phi) is 4.97. The van der Waals surface area contributed by atoms with Gasteiger partial charge in [-0.2, -0.15) is 18.4 Å². The quantitative estimate of drug-likeness (QED) is 0.673. The van der Waals surface area contributed by atoms with Crippen molar-refractivity contribution in [3.63, 3.8) is 0 Å². The summed E-state index contributed by atoms with van der Waals surface area (Å²) in [7, 11) is 0. The van der Waals surface area contributed by atoms with Gasteiger partial charge in [-0.1, -0.05) is 12.1 Å². The van der Waals surface area contributed by atoms with Crippen molar-refractivity contribution < 1.29 is 18.0 Å². The van der Waals surface area contributed by atoms with Crippen LogP contribution in [0.4, 0.5) is 18.9 Å². The van der Waals surface area contributed by atoms with E-state index in [1.54, 1.807) is 44.2 Å². The lowest BCUT2D eigenvalue weighted by molar-refractivity contribution is -0.137. The first-order valence-electron chi connectivity index (χ1n) is 8.39. The van der Waals surface area contributed by atoms with Crippen LogP contribution < -0.4 is 5.32 Å². The van der Waals surface area contributed by atoms with Gasteiger partial charge in [-0.25, -0.2) is 0 Å². The zero-order chi connectivity index (χ0) is 20.5. The molecular formula is C21H16F3N3O. The van der Waals surface area contributed by atoms with Gasteiger partial charge < -0.3 is 9.88 Å². The Morgan fingerprint density at radius 2 is 1.71 bits per heavy atom. The number of aromatic nitrogens is 1. The van der Waals surface area contributed by atoms with E-state index in [4.69, 9.17) is 5.26 Å². The fourth-order valence-corrected chi connectivity index (χ4v) is 3.10. The zero-order valence-electron chi connectivity index (χ0n) is 15.1. The molecule has 4 nitrogen and oxygen atoms in total. The van der Waals surface area contributed by atoms with Gasteiger partial charge in [0.15, 0.2) is 0 Å². The van der Waals surface area contributed by atoms with E-state index < -0.39 is 17.6 Å². The lowest BCUT2D eigenvalue weighted by Crippen LogP contribution is -2.14. The number of rotatable bonds is 3. The second-order valence-electron chi connectivity index (χ2n) is 6.28. The summed E-state index contributed by atoms with van der Waals surface area (Å²) >= 11 is 0. The zero-order valence-corrected chi connectivity index (χ0v) is 15.1. The monoisotopic (exact) mass is 383 g/mol. The third kappa shape index (κ3) is 3.62. The van der Waals surface area contributed by atoms with Crippen LogP contribution in [0.2, 0.25) is 0 Å². The van der Waals surface area contributed by atoms with Crippen LogP contribution in [0.5, 0.6) is 0 Å². The summed E-state index contributed by atoms with van der Waals surface area (Å²) in [5, 5.41) is 11.5. The summed E-state index contributed by atoms with van der Waals surface area (Å²) in [6.07, 6.45) is -4.51.